The van der Waals surface area contributed by atoms with Gasteiger partial charge in [-0.25, -0.2) is 9.98 Å². The molecule has 2 aromatic heterocycles. The molecule has 0 spiro atoms. The molecule has 0 bridgehead atoms. The van der Waals surface area contributed by atoms with Gasteiger partial charge in [-0.3, -0.25) is 0 Å². The number of hydrogen-bond donors (Lipinski definition) is 1. The predicted octanol–water partition coefficient (Wildman–Crippen LogP) is 11.3. The van der Waals surface area contributed by atoms with Gasteiger partial charge in [-0.2, -0.15) is 0 Å². The summed E-state index contributed by atoms with van der Waals surface area (Å²) in [6, 6.07) is 56.3. The molecular weight excluding hydrogens is 615 g/mol. The Morgan fingerprint density at radius 3 is 1.94 bits per heavy atom. The van der Waals surface area contributed by atoms with Crippen LogP contribution in [0.2, 0.25) is 0 Å². The molecule has 1 unspecified atom stereocenters. The van der Waals surface area contributed by atoms with Crippen LogP contribution >= 0.6 is 0 Å². The van der Waals surface area contributed by atoms with Gasteiger partial charge >= 0.3 is 0 Å². The normalized spacial score (nSPS) is 14.6. The van der Waals surface area contributed by atoms with Crippen molar-refractivity contribution in [1.29, 1.82) is 0 Å². The third-order valence-corrected chi connectivity index (χ3v) is 9.57. The summed E-state index contributed by atoms with van der Waals surface area (Å²) in [5.74, 6) is 1.43. The monoisotopic (exact) mass is 643 g/mol. The number of aliphatic imine (C=N–C) groups is 2. The average molecular weight is 644 g/mol. The smallest absolute Gasteiger partial charge is 0.160 e. The maximum absolute atomic E-state index is 6.69. The lowest BCUT2D eigenvalue weighted by atomic mass is 9.98. The quantitative estimate of drug-likeness (QED) is 0.203. The first-order valence-corrected chi connectivity index (χ1v) is 16.8. The maximum atomic E-state index is 6.69. The Balaban J connectivity index is 1.12. The highest BCUT2D eigenvalue weighted by Gasteiger charge is 2.24. The van der Waals surface area contributed by atoms with Crippen molar-refractivity contribution in [2.24, 2.45) is 9.98 Å². The molecule has 50 heavy (non-hydrogen) atoms. The van der Waals surface area contributed by atoms with Gasteiger partial charge in [-0.1, -0.05) is 140 Å². The van der Waals surface area contributed by atoms with Crippen molar-refractivity contribution in [3.8, 4) is 22.3 Å². The summed E-state index contributed by atoms with van der Waals surface area (Å²) in [5.41, 5.74) is 10.8. The minimum Gasteiger partial charge on any atom is -0.456 e. The van der Waals surface area contributed by atoms with E-state index in [0.29, 0.717) is 5.84 Å². The van der Waals surface area contributed by atoms with E-state index in [2.05, 4.69) is 108 Å². The Labute approximate surface area is 287 Å². The highest BCUT2D eigenvalue weighted by atomic mass is 16.3. The van der Waals surface area contributed by atoms with Crippen LogP contribution in [0.5, 0.6) is 0 Å². The summed E-state index contributed by atoms with van der Waals surface area (Å²) in [6.07, 6.45) is -0.331. The molecule has 1 aliphatic heterocycles. The fraction of sp³-hybridized carbons (Fsp3) is 0.0222. The molecule has 5 heteroatoms. The number of nitrogens with zero attached hydrogens (tertiary/aromatic N) is 2. The average Bonchev–Trinajstić information content (AvgIpc) is 3.77. The van der Waals surface area contributed by atoms with Gasteiger partial charge < -0.3 is 14.2 Å². The Morgan fingerprint density at radius 1 is 0.460 bits per heavy atom. The molecule has 0 radical (unpaired) electrons. The first-order valence-electron chi connectivity index (χ1n) is 16.8. The van der Waals surface area contributed by atoms with Crippen molar-refractivity contribution in [1.82, 2.24) is 5.32 Å². The molecule has 0 fully saturated rings. The number of para-hydroxylation sites is 2. The molecule has 9 aromatic rings. The first kappa shape index (κ1) is 28.3. The molecule has 5 nitrogen and oxygen atoms in total. The summed E-state index contributed by atoms with van der Waals surface area (Å²) < 4.78 is 12.8. The number of furan rings is 2. The van der Waals surface area contributed by atoms with Gasteiger partial charge in [0.15, 0.2) is 5.84 Å². The summed E-state index contributed by atoms with van der Waals surface area (Å²) >= 11 is 0. The second-order valence-electron chi connectivity index (χ2n) is 12.6. The van der Waals surface area contributed by atoms with E-state index < -0.39 is 0 Å². The molecular formula is C45H29N3O2. The van der Waals surface area contributed by atoms with E-state index >= 15 is 0 Å². The Morgan fingerprint density at radius 2 is 1.10 bits per heavy atom. The lowest BCUT2D eigenvalue weighted by Crippen LogP contribution is -2.33. The van der Waals surface area contributed by atoms with Gasteiger partial charge in [0.2, 0.25) is 0 Å². The fourth-order valence-corrected chi connectivity index (χ4v) is 7.13. The van der Waals surface area contributed by atoms with Gasteiger partial charge in [0.1, 0.15) is 34.3 Å². The van der Waals surface area contributed by atoms with Gasteiger partial charge in [-0.15, -0.1) is 0 Å². The van der Waals surface area contributed by atoms with E-state index in [1.807, 2.05) is 60.7 Å². The number of amidine groups is 2. The molecule has 1 aliphatic rings. The van der Waals surface area contributed by atoms with Crippen molar-refractivity contribution in [2.45, 2.75) is 6.17 Å². The summed E-state index contributed by atoms with van der Waals surface area (Å²) in [7, 11) is 0. The molecule has 1 N–H and O–H groups in total. The third kappa shape index (κ3) is 4.71. The van der Waals surface area contributed by atoms with Gasteiger partial charge in [0.05, 0.1) is 0 Å². The first-order chi connectivity index (χ1) is 24.8. The van der Waals surface area contributed by atoms with Crippen LogP contribution in [0.3, 0.4) is 0 Å². The molecule has 10 rings (SSSR count). The third-order valence-electron chi connectivity index (χ3n) is 9.57. The van der Waals surface area contributed by atoms with Gasteiger partial charge in [-0.05, 0) is 46.5 Å². The summed E-state index contributed by atoms with van der Waals surface area (Å²) in [4.78, 5) is 10.4. The van der Waals surface area contributed by atoms with Crippen molar-refractivity contribution in [3.63, 3.8) is 0 Å². The standard InChI is InChI=1S/C45H29N3O2/c1-3-11-28(12-4-1)29-21-23-31(24-22-29)44-46-43(30-13-5-2-6-14-30)47-45(48-44)36-18-10-20-40-41(36)35-17-9-16-33(42(35)50-40)32-25-26-39-37(27-32)34-15-7-8-19-38(34)49-39/h1-27,44H,(H,46,47,48). The van der Waals surface area contributed by atoms with Crippen LogP contribution < -0.4 is 5.32 Å². The fourth-order valence-electron chi connectivity index (χ4n) is 7.13. The van der Waals surface area contributed by atoms with Crippen molar-refractivity contribution < 1.29 is 8.83 Å². The number of fused-ring (bicyclic) bond motifs is 6. The Kier molecular flexibility index (Phi) is 6.49. The second kappa shape index (κ2) is 11.5. The van der Waals surface area contributed by atoms with Crippen LogP contribution in [0.4, 0.5) is 0 Å². The van der Waals surface area contributed by atoms with Crippen LogP contribution in [-0.2, 0) is 0 Å². The van der Waals surface area contributed by atoms with Crippen LogP contribution in [0.25, 0.3) is 66.1 Å². The molecule has 0 amide bonds. The zero-order valence-electron chi connectivity index (χ0n) is 26.9. The van der Waals surface area contributed by atoms with Crippen LogP contribution in [-0.4, -0.2) is 11.7 Å². The van der Waals surface area contributed by atoms with Crippen molar-refractivity contribution in [3.05, 3.63) is 180 Å². The topological polar surface area (TPSA) is 63.0 Å². The Bertz CT molecular complexity index is 2770. The number of benzene rings is 7. The van der Waals surface area contributed by atoms with Crippen molar-refractivity contribution >= 4 is 55.5 Å². The van der Waals surface area contributed by atoms with E-state index in [1.165, 1.54) is 5.56 Å². The molecule has 7 aromatic carbocycles. The molecule has 0 saturated carbocycles. The highest BCUT2D eigenvalue weighted by molar-refractivity contribution is 6.23. The van der Waals surface area contributed by atoms with Gasteiger partial charge in [0.25, 0.3) is 0 Å². The van der Waals surface area contributed by atoms with E-state index in [9.17, 15) is 0 Å². The number of nitrogens with one attached hydrogen (secondary N) is 1. The largest absolute Gasteiger partial charge is 0.456 e. The zero-order valence-corrected chi connectivity index (χ0v) is 26.9. The lowest BCUT2D eigenvalue weighted by Gasteiger charge is -2.24. The van der Waals surface area contributed by atoms with Crippen LogP contribution in [0.15, 0.2) is 183 Å². The summed E-state index contributed by atoms with van der Waals surface area (Å²) in [6.45, 7) is 0. The zero-order chi connectivity index (χ0) is 33.0. The van der Waals surface area contributed by atoms with E-state index in [1.54, 1.807) is 0 Å². The molecule has 0 aliphatic carbocycles. The SMILES string of the molecule is c1ccc(C2=NC(c3cccc4oc5c(-c6ccc7oc8ccccc8c7c6)cccc5c34)=NC(c3ccc(-c4ccccc4)cc3)N2)cc1. The van der Waals surface area contributed by atoms with Crippen LogP contribution in [0.1, 0.15) is 22.9 Å². The number of hydrogen-bond acceptors (Lipinski definition) is 5. The maximum Gasteiger partial charge on any atom is 0.160 e. The lowest BCUT2D eigenvalue weighted by molar-refractivity contribution is 0.668. The van der Waals surface area contributed by atoms with Gasteiger partial charge in [0, 0.05) is 38.2 Å². The van der Waals surface area contributed by atoms with E-state index in [-0.39, 0.29) is 6.17 Å². The molecule has 3 heterocycles. The Hall–Kier alpha value is -6.72. The van der Waals surface area contributed by atoms with Crippen molar-refractivity contribution in [2.75, 3.05) is 0 Å². The predicted molar refractivity (Wildman–Crippen MR) is 204 cm³/mol. The van der Waals surface area contributed by atoms with E-state index in [4.69, 9.17) is 18.8 Å². The minimum absolute atomic E-state index is 0.331. The second-order valence-corrected chi connectivity index (χ2v) is 12.6. The minimum atomic E-state index is -0.331. The number of rotatable bonds is 5. The molecule has 236 valence electrons. The highest BCUT2D eigenvalue weighted by Crippen LogP contribution is 2.40. The molecule has 1 atom stereocenters. The summed E-state index contributed by atoms with van der Waals surface area (Å²) in [5, 5.41) is 7.81. The van der Waals surface area contributed by atoms with E-state index in [0.717, 1.165) is 83.1 Å². The van der Waals surface area contributed by atoms with Crippen LogP contribution in [0, 0.1) is 0 Å². The molecule has 0 saturated heterocycles.